The van der Waals surface area contributed by atoms with Gasteiger partial charge in [-0.05, 0) is 67.2 Å². The van der Waals surface area contributed by atoms with Crippen molar-refractivity contribution in [1.82, 2.24) is 5.32 Å². The fourth-order valence-corrected chi connectivity index (χ4v) is 6.94. The molecule has 2 aliphatic rings. The summed E-state index contributed by atoms with van der Waals surface area (Å²) in [5.41, 5.74) is -0.0797. The highest BCUT2D eigenvalue weighted by molar-refractivity contribution is 5.84. The summed E-state index contributed by atoms with van der Waals surface area (Å²) in [6.45, 7) is 4.09. The number of rotatable bonds is 8. The van der Waals surface area contributed by atoms with Gasteiger partial charge in [0.05, 0.1) is 19.8 Å². The van der Waals surface area contributed by atoms with Crippen molar-refractivity contribution in [2.45, 2.75) is 64.7 Å². The molecule has 4 N–H and O–H groups in total. The van der Waals surface area contributed by atoms with Crippen molar-refractivity contribution in [3.05, 3.63) is 59.9 Å². The van der Waals surface area contributed by atoms with E-state index < -0.39 is 34.9 Å². The number of para-hydroxylation sites is 1. The largest absolute Gasteiger partial charge is 0.496 e. The number of benzene rings is 2. The third-order valence-electron chi connectivity index (χ3n) is 9.07. The van der Waals surface area contributed by atoms with E-state index in [1.807, 2.05) is 31.2 Å². The molecular weight excluding hydrogens is 503 g/mol. The number of carbonyl (C=O) groups excluding carboxylic acids is 2. The summed E-state index contributed by atoms with van der Waals surface area (Å²) in [4.78, 5) is 25.8. The normalized spacial score (nSPS) is 30.1. The van der Waals surface area contributed by atoms with Crippen LogP contribution in [0.2, 0.25) is 0 Å². The number of anilines is 1. The fraction of sp³-hybridized carbons (Fsp3) is 0.533. The number of fused-ring (bicyclic) bond motifs is 1. The van der Waals surface area contributed by atoms with Gasteiger partial charge in [0.15, 0.2) is 0 Å². The molecule has 39 heavy (non-hydrogen) atoms. The Morgan fingerprint density at radius 3 is 2.59 bits per heavy atom. The average molecular weight is 543 g/mol. The van der Waals surface area contributed by atoms with E-state index in [1.54, 1.807) is 13.2 Å². The van der Waals surface area contributed by atoms with Crippen molar-refractivity contribution in [2.24, 2.45) is 22.7 Å². The topological polar surface area (TPSA) is 117 Å². The minimum Gasteiger partial charge on any atom is -0.496 e. The molecule has 0 aromatic heterocycles. The molecule has 2 amide bonds. The molecule has 6 atom stereocenters. The predicted octanol–water partition coefficient (Wildman–Crippen LogP) is 4.64. The van der Waals surface area contributed by atoms with Crippen molar-refractivity contribution in [3.63, 3.8) is 0 Å². The lowest BCUT2D eigenvalue weighted by Gasteiger charge is -2.60. The molecule has 212 valence electrons. The van der Waals surface area contributed by atoms with E-state index in [1.165, 1.54) is 18.2 Å². The van der Waals surface area contributed by atoms with Crippen LogP contribution in [0.3, 0.4) is 0 Å². The number of nitrogens with one attached hydrogen (secondary N) is 2. The van der Waals surface area contributed by atoms with Gasteiger partial charge in [0, 0.05) is 29.6 Å². The minimum absolute atomic E-state index is 0.0915. The molecular formula is C30H39FN2O6. The van der Waals surface area contributed by atoms with E-state index in [9.17, 15) is 24.2 Å². The zero-order valence-corrected chi connectivity index (χ0v) is 22.8. The molecule has 2 aliphatic carbocycles. The summed E-state index contributed by atoms with van der Waals surface area (Å²) in [5.74, 6) is -0.348. The van der Waals surface area contributed by atoms with Crippen LogP contribution in [-0.4, -0.2) is 48.1 Å². The number of hydrogen-bond donors (Lipinski definition) is 4. The van der Waals surface area contributed by atoms with Crippen LogP contribution in [0.4, 0.5) is 14.9 Å². The predicted molar refractivity (Wildman–Crippen MR) is 145 cm³/mol. The van der Waals surface area contributed by atoms with Crippen molar-refractivity contribution in [3.8, 4) is 5.75 Å². The van der Waals surface area contributed by atoms with Gasteiger partial charge in [0.25, 0.3) is 0 Å². The van der Waals surface area contributed by atoms with Gasteiger partial charge in [-0.3, -0.25) is 10.1 Å². The van der Waals surface area contributed by atoms with E-state index in [0.29, 0.717) is 38.0 Å². The zero-order chi connectivity index (χ0) is 28.2. The van der Waals surface area contributed by atoms with Gasteiger partial charge in [-0.2, -0.15) is 0 Å². The highest BCUT2D eigenvalue weighted by Crippen LogP contribution is 2.61. The summed E-state index contributed by atoms with van der Waals surface area (Å²) < 4.78 is 24.7. The Labute approximate surface area is 228 Å². The molecule has 1 unspecified atom stereocenters. The van der Waals surface area contributed by atoms with Gasteiger partial charge < -0.3 is 25.0 Å². The number of methoxy groups -OCH3 is 1. The van der Waals surface area contributed by atoms with Crippen molar-refractivity contribution in [2.75, 3.05) is 19.0 Å². The highest BCUT2D eigenvalue weighted by atomic mass is 19.1. The number of ether oxygens (including phenoxy) is 2. The maximum atomic E-state index is 13.5. The van der Waals surface area contributed by atoms with E-state index in [2.05, 4.69) is 17.6 Å². The standard InChI is InChI=1S/C30H39FN2O6/c1-29-14-13-26(39-28(37)33-21-9-6-8-20(31)15-21)30(2,18-34)25(29)12-11-23(35)22(29)16-27(36)32-17-19-7-4-5-10-24(19)38-3/h4-10,15,22-23,25-26,34-35H,11-14,16-18H2,1-3H3,(H,32,36)(H,33,37)/t22-,23-,25?,26-,29+,30+/m1/s1. The van der Waals surface area contributed by atoms with Crippen LogP contribution < -0.4 is 15.4 Å². The summed E-state index contributed by atoms with van der Waals surface area (Å²) in [7, 11) is 1.59. The fourth-order valence-electron chi connectivity index (χ4n) is 6.94. The maximum absolute atomic E-state index is 13.5. The lowest BCUT2D eigenvalue weighted by Crippen LogP contribution is -2.61. The number of aliphatic hydroxyl groups excluding tert-OH is 2. The van der Waals surface area contributed by atoms with Gasteiger partial charge in [-0.15, -0.1) is 0 Å². The molecule has 0 bridgehead atoms. The number of carbonyl (C=O) groups is 2. The zero-order valence-electron chi connectivity index (χ0n) is 22.8. The summed E-state index contributed by atoms with van der Waals surface area (Å²) in [5, 5.41) is 27.2. The van der Waals surface area contributed by atoms with Gasteiger partial charge in [-0.1, -0.05) is 38.1 Å². The second kappa shape index (κ2) is 11.9. The first-order chi connectivity index (χ1) is 18.6. The van der Waals surface area contributed by atoms with E-state index in [-0.39, 0.29) is 36.5 Å². The Morgan fingerprint density at radius 1 is 1.10 bits per heavy atom. The summed E-state index contributed by atoms with van der Waals surface area (Å²) >= 11 is 0. The molecule has 0 heterocycles. The van der Waals surface area contributed by atoms with E-state index in [4.69, 9.17) is 9.47 Å². The Balaban J connectivity index is 1.45. The quantitative estimate of drug-likeness (QED) is 0.386. The van der Waals surface area contributed by atoms with Crippen LogP contribution in [0.25, 0.3) is 0 Å². The first-order valence-electron chi connectivity index (χ1n) is 13.5. The first kappa shape index (κ1) is 28.8. The molecule has 2 fully saturated rings. The van der Waals surface area contributed by atoms with Crippen LogP contribution in [0.15, 0.2) is 48.5 Å². The monoisotopic (exact) mass is 542 g/mol. The van der Waals surface area contributed by atoms with Crippen LogP contribution in [0.5, 0.6) is 5.75 Å². The number of aliphatic hydroxyl groups is 2. The molecule has 0 saturated heterocycles. The molecule has 2 aromatic rings. The molecule has 2 saturated carbocycles. The Hall–Kier alpha value is -3.17. The molecule has 0 spiro atoms. The molecule has 9 heteroatoms. The summed E-state index contributed by atoms with van der Waals surface area (Å²) in [6.07, 6.45) is 0.416. The number of hydrogen-bond acceptors (Lipinski definition) is 6. The van der Waals surface area contributed by atoms with Gasteiger partial charge in [-0.25, -0.2) is 9.18 Å². The molecule has 4 rings (SSSR count). The lowest BCUT2D eigenvalue weighted by molar-refractivity contribution is -0.185. The minimum atomic E-state index is -0.779. The Kier molecular flexibility index (Phi) is 8.81. The highest BCUT2D eigenvalue weighted by Gasteiger charge is 2.60. The third kappa shape index (κ3) is 6.04. The first-order valence-corrected chi connectivity index (χ1v) is 13.5. The van der Waals surface area contributed by atoms with Crippen LogP contribution in [-0.2, 0) is 16.1 Å². The van der Waals surface area contributed by atoms with Crippen LogP contribution in [0, 0.1) is 28.5 Å². The molecule has 0 radical (unpaired) electrons. The van der Waals surface area contributed by atoms with Gasteiger partial charge >= 0.3 is 6.09 Å². The summed E-state index contributed by atoms with van der Waals surface area (Å²) in [6, 6.07) is 13.0. The van der Waals surface area contributed by atoms with Crippen molar-refractivity contribution >= 4 is 17.7 Å². The van der Waals surface area contributed by atoms with Crippen molar-refractivity contribution < 1.29 is 33.7 Å². The Bertz CT molecular complexity index is 1180. The van der Waals surface area contributed by atoms with E-state index >= 15 is 0 Å². The molecule has 2 aromatic carbocycles. The number of amides is 2. The lowest BCUT2D eigenvalue weighted by atomic mass is 9.46. The van der Waals surface area contributed by atoms with Crippen molar-refractivity contribution in [1.29, 1.82) is 0 Å². The second-order valence-electron chi connectivity index (χ2n) is 11.3. The third-order valence-corrected chi connectivity index (χ3v) is 9.07. The van der Waals surface area contributed by atoms with E-state index in [0.717, 1.165) is 5.56 Å². The molecule has 0 aliphatic heterocycles. The smallest absolute Gasteiger partial charge is 0.411 e. The van der Waals surface area contributed by atoms with Gasteiger partial charge in [0.2, 0.25) is 5.91 Å². The second-order valence-corrected chi connectivity index (χ2v) is 11.3. The SMILES string of the molecule is COc1ccccc1CNC(=O)C[C@@H]1[C@H](O)CCC2[C@](C)(CO)[C@H](OC(=O)Nc3cccc(F)c3)CC[C@]21C. The average Bonchev–Trinajstić information content (AvgIpc) is 2.91. The van der Waals surface area contributed by atoms with Crippen LogP contribution >= 0.6 is 0 Å². The van der Waals surface area contributed by atoms with Crippen LogP contribution in [0.1, 0.15) is 51.5 Å². The van der Waals surface area contributed by atoms with Gasteiger partial charge in [0.1, 0.15) is 17.7 Å². The Morgan fingerprint density at radius 2 is 1.87 bits per heavy atom. The maximum Gasteiger partial charge on any atom is 0.411 e. The number of halogens is 1. The molecule has 8 nitrogen and oxygen atoms in total.